The summed E-state index contributed by atoms with van der Waals surface area (Å²) < 4.78 is 13.2. The molecule has 0 heterocycles. The number of hydrogen-bond donors (Lipinski definition) is 1. The van der Waals surface area contributed by atoms with Gasteiger partial charge in [-0.05, 0) is 12.6 Å². The highest BCUT2D eigenvalue weighted by atomic mass is 19.1. The molecule has 0 fully saturated rings. The van der Waals surface area contributed by atoms with Crippen molar-refractivity contribution in [1.82, 2.24) is 9.80 Å². The molecule has 0 aliphatic heterocycles. The van der Waals surface area contributed by atoms with Gasteiger partial charge in [0.05, 0.1) is 6.54 Å². The SMILES string of the molecule is CCN(CC(=O)N(C)C)Cc1cccc(F)c1O. The summed E-state index contributed by atoms with van der Waals surface area (Å²) >= 11 is 0. The zero-order chi connectivity index (χ0) is 13.7. The Bertz CT molecular complexity index is 421. The number of rotatable bonds is 5. The number of amides is 1. The van der Waals surface area contributed by atoms with Gasteiger partial charge in [-0.3, -0.25) is 9.69 Å². The van der Waals surface area contributed by atoms with Gasteiger partial charge in [0, 0.05) is 26.2 Å². The molecule has 5 heteroatoms. The third-order valence-electron chi connectivity index (χ3n) is 2.77. The second kappa shape index (κ2) is 6.35. The molecule has 0 saturated carbocycles. The molecule has 4 nitrogen and oxygen atoms in total. The highest BCUT2D eigenvalue weighted by Gasteiger charge is 2.14. The normalized spacial score (nSPS) is 10.7. The molecule has 0 spiro atoms. The maximum Gasteiger partial charge on any atom is 0.236 e. The Kier molecular flexibility index (Phi) is 5.09. The molecular weight excluding hydrogens is 235 g/mol. The van der Waals surface area contributed by atoms with Crippen LogP contribution in [0.2, 0.25) is 0 Å². The number of phenols is 1. The second-order valence-electron chi connectivity index (χ2n) is 4.34. The van der Waals surface area contributed by atoms with E-state index in [0.717, 1.165) is 0 Å². The Balaban J connectivity index is 2.74. The highest BCUT2D eigenvalue weighted by Crippen LogP contribution is 2.22. The Morgan fingerprint density at radius 1 is 1.39 bits per heavy atom. The summed E-state index contributed by atoms with van der Waals surface area (Å²) in [6.07, 6.45) is 0. The molecule has 18 heavy (non-hydrogen) atoms. The first-order valence-corrected chi connectivity index (χ1v) is 5.84. The fourth-order valence-electron chi connectivity index (χ4n) is 1.54. The summed E-state index contributed by atoms with van der Waals surface area (Å²) in [5.74, 6) is -0.997. The second-order valence-corrected chi connectivity index (χ2v) is 4.34. The molecule has 0 saturated heterocycles. The van der Waals surface area contributed by atoms with Crippen molar-refractivity contribution in [2.75, 3.05) is 27.2 Å². The van der Waals surface area contributed by atoms with Crippen LogP contribution in [0.5, 0.6) is 5.75 Å². The molecule has 1 rings (SSSR count). The lowest BCUT2D eigenvalue weighted by Gasteiger charge is -2.22. The van der Waals surface area contributed by atoms with Crippen molar-refractivity contribution >= 4 is 5.91 Å². The molecule has 0 atom stereocenters. The van der Waals surface area contributed by atoms with Gasteiger partial charge < -0.3 is 10.0 Å². The third kappa shape index (κ3) is 3.70. The topological polar surface area (TPSA) is 43.8 Å². The number of para-hydroxylation sites is 1. The zero-order valence-corrected chi connectivity index (χ0v) is 11.0. The first-order valence-electron chi connectivity index (χ1n) is 5.84. The lowest BCUT2D eigenvalue weighted by atomic mass is 10.2. The lowest BCUT2D eigenvalue weighted by Crippen LogP contribution is -2.36. The van der Waals surface area contributed by atoms with E-state index in [1.807, 2.05) is 11.8 Å². The van der Waals surface area contributed by atoms with Crippen LogP contribution in [-0.2, 0) is 11.3 Å². The summed E-state index contributed by atoms with van der Waals surface area (Å²) in [6.45, 7) is 3.16. The summed E-state index contributed by atoms with van der Waals surface area (Å²) in [5.41, 5.74) is 0.489. The van der Waals surface area contributed by atoms with E-state index in [9.17, 15) is 14.3 Å². The molecule has 0 aliphatic rings. The fourth-order valence-corrected chi connectivity index (χ4v) is 1.54. The summed E-state index contributed by atoms with van der Waals surface area (Å²) in [4.78, 5) is 15.0. The van der Waals surface area contributed by atoms with E-state index in [1.54, 1.807) is 26.2 Å². The van der Waals surface area contributed by atoms with Crippen LogP contribution < -0.4 is 0 Å². The molecule has 1 amide bonds. The van der Waals surface area contributed by atoms with Gasteiger partial charge in [-0.15, -0.1) is 0 Å². The fraction of sp³-hybridized carbons (Fsp3) is 0.462. The van der Waals surface area contributed by atoms with Gasteiger partial charge in [-0.25, -0.2) is 4.39 Å². The Morgan fingerprint density at radius 2 is 2.06 bits per heavy atom. The largest absolute Gasteiger partial charge is 0.505 e. The van der Waals surface area contributed by atoms with E-state index in [2.05, 4.69) is 0 Å². The standard InChI is InChI=1S/C13H19FN2O2/c1-4-16(9-12(17)15(2)3)8-10-6-5-7-11(14)13(10)18/h5-7,18H,4,8-9H2,1-3H3. The Labute approximate surface area is 107 Å². The summed E-state index contributed by atoms with van der Waals surface area (Å²) in [7, 11) is 3.38. The van der Waals surface area contributed by atoms with E-state index in [0.29, 0.717) is 18.7 Å². The van der Waals surface area contributed by atoms with Crippen LogP contribution in [0.4, 0.5) is 4.39 Å². The van der Waals surface area contributed by atoms with Crippen molar-refractivity contribution < 1.29 is 14.3 Å². The number of aromatic hydroxyl groups is 1. The third-order valence-corrected chi connectivity index (χ3v) is 2.77. The summed E-state index contributed by atoms with van der Waals surface area (Å²) in [6, 6.07) is 4.41. The number of carbonyl (C=O) groups is 1. The maximum absolute atomic E-state index is 13.2. The van der Waals surface area contributed by atoms with Gasteiger partial charge in [-0.2, -0.15) is 0 Å². The number of halogens is 1. The highest BCUT2D eigenvalue weighted by molar-refractivity contribution is 5.77. The van der Waals surface area contributed by atoms with Gasteiger partial charge in [0.15, 0.2) is 11.6 Å². The van der Waals surface area contributed by atoms with Crippen molar-refractivity contribution in [3.05, 3.63) is 29.6 Å². The van der Waals surface area contributed by atoms with E-state index in [-0.39, 0.29) is 18.2 Å². The first kappa shape index (κ1) is 14.4. The van der Waals surface area contributed by atoms with Crippen molar-refractivity contribution in [1.29, 1.82) is 0 Å². The molecule has 1 N–H and O–H groups in total. The molecule has 0 bridgehead atoms. The van der Waals surface area contributed by atoms with Crippen LogP contribution in [0.1, 0.15) is 12.5 Å². The number of phenolic OH excluding ortho intramolecular Hbond substituents is 1. The van der Waals surface area contributed by atoms with Gasteiger partial charge in [0.25, 0.3) is 0 Å². The van der Waals surface area contributed by atoms with Crippen LogP contribution in [0, 0.1) is 5.82 Å². The lowest BCUT2D eigenvalue weighted by molar-refractivity contribution is -0.130. The monoisotopic (exact) mass is 254 g/mol. The molecule has 1 aromatic carbocycles. The van der Waals surface area contributed by atoms with Gasteiger partial charge in [-0.1, -0.05) is 19.1 Å². The number of carbonyl (C=O) groups excluding carboxylic acids is 1. The zero-order valence-electron chi connectivity index (χ0n) is 11.0. The summed E-state index contributed by atoms with van der Waals surface area (Å²) in [5, 5.41) is 9.59. The van der Waals surface area contributed by atoms with E-state index in [4.69, 9.17) is 0 Å². The molecule has 0 radical (unpaired) electrons. The van der Waals surface area contributed by atoms with Crippen LogP contribution in [0.15, 0.2) is 18.2 Å². The predicted molar refractivity (Wildman–Crippen MR) is 67.7 cm³/mol. The Morgan fingerprint density at radius 3 is 2.61 bits per heavy atom. The maximum atomic E-state index is 13.2. The molecule has 0 aromatic heterocycles. The average molecular weight is 254 g/mol. The van der Waals surface area contributed by atoms with Crippen molar-refractivity contribution in [3.63, 3.8) is 0 Å². The number of nitrogens with zero attached hydrogens (tertiary/aromatic N) is 2. The quantitative estimate of drug-likeness (QED) is 0.864. The molecule has 0 unspecified atom stereocenters. The van der Waals surface area contributed by atoms with Gasteiger partial charge >= 0.3 is 0 Å². The minimum absolute atomic E-state index is 0.0206. The van der Waals surface area contributed by atoms with Crippen LogP contribution in [0.3, 0.4) is 0 Å². The Hall–Kier alpha value is -1.62. The van der Waals surface area contributed by atoms with Crippen molar-refractivity contribution in [3.8, 4) is 5.75 Å². The van der Waals surface area contributed by atoms with E-state index in [1.165, 1.54) is 11.0 Å². The number of likely N-dealkylation sites (N-methyl/N-ethyl adjacent to an activating group) is 2. The van der Waals surface area contributed by atoms with Gasteiger partial charge in [0.2, 0.25) is 5.91 Å². The first-order chi connectivity index (χ1) is 8.45. The molecule has 1 aromatic rings. The van der Waals surface area contributed by atoms with E-state index < -0.39 is 5.82 Å². The predicted octanol–water partition coefficient (Wildman–Crippen LogP) is 1.44. The molecular formula is C13H19FN2O2. The average Bonchev–Trinajstić information content (AvgIpc) is 2.33. The van der Waals surface area contributed by atoms with Crippen LogP contribution in [-0.4, -0.2) is 48.0 Å². The minimum Gasteiger partial charge on any atom is -0.505 e. The molecule has 100 valence electrons. The van der Waals surface area contributed by atoms with E-state index >= 15 is 0 Å². The van der Waals surface area contributed by atoms with Crippen molar-refractivity contribution in [2.45, 2.75) is 13.5 Å². The van der Waals surface area contributed by atoms with Crippen molar-refractivity contribution in [2.24, 2.45) is 0 Å². The number of benzene rings is 1. The molecule has 0 aliphatic carbocycles. The number of hydrogen-bond acceptors (Lipinski definition) is 3. The van der Waals surface area contributed by atoms with Crippen LogP contribution in [0.25, 0.3) is 0 Å². The smallest absolute Gasteiger partial charge is 0.236 e. The minimum atomic E-state index is -0.637. The van der Waals surface area contributed by atoms with Gasteiger partial charge in [0.1, 0.15) is 0 Å². The van der Waals surface area contributed by atoms with Crippen LogP contribution >= 0.6 is 0 Å².